The van der Waals surface area contributed by atoms with Crippen LogP contribution in [0.25, 0.3) is 44.6 Å². The fourth-order valence-corrected chi connectivity index (χ4v) is 3.59. The first-order valence-electron chi connectivity index (χ1n) is 8.99. The van der Waals surface area contributed by atoms with Crippen LogP contribution in [0.5, 0.6) is 0 Å². The van der Waals surface area contributed by atoms with Crippen LogP contribution in [-0.4, -0.2) is 4.98 Å². The molecular formula is C25H17NO. The van der Waals surface area contributed by atoms with Crippen molar-refractivity contribution in [3.63, 3.8) is 0 Å². The Balaban J connectivity index is 1.98. The molecule has 0 radical (unpaired) electrons. The second-order valence-electron chi connectivity index (χ2n) is 6.44. The molecule has 2 aromatic heterocycles. The van der Waals surface area contributed by atoms with Crippen molar-refractivity contribution in [1.29, 1.82) is 0 Å². The highest BCUT2D eigenvalue weighted by atomic mass is 16.3. The molecule has 27 heavy (non-hydrogen) atoms. The van der Waals surface area contributed by atoms with E-state index in [1.807, 2.05) is 30.3 Å². The third-order valence-corrected chi connectivity index (χ3v) is 4.77. The number of aromatic nitrogens is 1. The van der Waals surface area contributed by atoms with Gasteiger partial charge in [-0.1, -0.05) is 78.9 Å². The Morgan fingerprint density at radius 1 is 0.556 bits per heavy atom. The largest absolute Gasteiger partial charge is 0.463 e. The number of pyridine rings is 1. The van der Waals surface area contributed by atoms with Gasteiger partial charge in [0.25, 0.3) is 0 Å². The van der Waals surface area contributed by atoms with E-state index in [4.69, 9.17) is 9.40 Å². The summed E-state index contributed by atoms with van der Waals surface area (Å²) in [6, 6.07) is 33.1. The molecule has 2 nitrogen and oxygen atoms in total. The van der Waals surface area contributed by atoms with Gasteiger partial charge in [0.1, 0.15) is 5.69 Å². The van der Waals surface area contributed by atoms with Crippen LogP contribution in [0.15, 0.2) is 108 Å². The smallest absolute Gasteiger partial charge is 0.152 e. The molecule has 0 saturated heterocycles. The van der Waals surface area contributed by atoms with Crippen LogP contribution in [0.3, 0.4) is 0 Å². The Labute approximate surface area is 157 Å². The summed E-state index contributed by atoms with van der Waals surface area (Å²) in [5.41, 5.74) is 6.39. The predicted molar refractivity (Wildman–Crippen MR) is 110 cm³/mol. The third kappa shape index (κ3) is 2.72. The Kier molecular flexibility index (Phi) is 3.80. The monoisotopic (exact) mass is 347 g/mol. The molecule has 2 heteroatoms. The molecule has 0 aliphatic heterocycles. The topological polar surface area (TPSA) is 26.0 Å². The van der Waals surface area contributed by atoms with Gasteiger partial charge < -0.3 is 4.42 Å². The molecule has 5 aromatic rings. The number of nitrogens with zero attached hydrogens (tertiary/aromatic N) is 1. The van der Waals surface area contributed by atoms with Gasteiger partial charge in [-0.15, -0.1) is 0 Å². The molecule has 0 bridgehead atoms. The average molecular weight is 347 g/mol. The molecule has 0 N–H and O–H groups in total. The van der Waals surface area contributed by atoms with E-state index in [-0.39, 0.29) is 0 Å². The molecular weight excluding hydrogens is 330 g/mol. The van der Waals surface area contributed by atoms with Crippen molar-refractivity contribution in [3.05, 3.63) is 103 Å². The van der Waals surface area contributed by atoms with Crippen LogP contribution >= 0.6 is 0 Å². The molecule has 0 saturated carbocycles. The fourth-order valence-electron chi connectivity index (χ4n) is 3.59. The number of hydrogen-bond acceptors (Lipinski definition) is 2. The van der Waals surface area contributed by atoms with Gasteiger partial charge in [0, 0.05) is 16.5 Å². The standard InChI is InChI=1S/C25H17NO/c1-3-10-18(11-4-1)23-20-14-7-8-15-21(20)26-25(22-16-9-17-27-22)24(23)19-12-5-2-6-13-19/h1-17H. The molecule has 0 amide bonds. The normalized spacial score (nSPS) is 11.0. The van der Waals surface area contributed by atoms with Crippen molar-refractivity contribution in [2.24, 2.45) is 0 Å². The lowest BCUT2D eigenvalue weighted by atomic mass is 9.89. The van der Waals surface area contributed by atoms with Crippen molar-refractivity contribution in [1.82, 2.24) is 4.98 Å². The van der Waals surface area contributed by atoms with Gasteiger partial charge in [-0.3, -0.25) is 0 Å². The van der Waals surface area contributed by atoms with E-state index in [1.165, 1.54) is 11.1 Å². The first kappa shape index (κ1) is 15.6. The Morgan fingerprint density at radius 3 is 1.85 bits per heavy atom. The van der Waals surface area contributed by atoms with E-state index in [0.717, 1.165) is 33.5 Å². The SMILES string of the molecule is c1ccc(-c2c(-c3ccco3)nc3ccccc3c2-c2ccccc2)cc1. The highest BCUT2D eigenvalue weighted by molar-refractivity contribution is 6.06. The zero-order valence-electron chi connectivity index (χ0n) is 14.7. The number of benzene rings is 3. The highest BCUT2D eigenvalue weighted by Gasteiger charge is 2.20. The van der Waals surface area contributed by atoms with Crippen LogP contribution in [0.2, 0.25) is 0 Å². The maximum absolute atomic E-state index is 5.76. The van der Waals surface area contributed by atoms with Crippen LogP contribution in [-0.2, 0) is 0 Å². The van der Waals surface area contributed by atoms with Gasteiger partial charge in [-0.05, 0) is 29.3 Å². The molecule has 0 aliphatic rings. The zero-order valence-corrected chi connectivity index (χ0v) is 14.7. The van der Waals surface area contributed by atoms with Gasteiger partial charge in [0.05, 0.1) is 11.8 Å². The summed E-state index contributed by atoms with van der Waals surface area (Å²) < 4.78 is 5.76. The van der Waals surface area contributed by atoms with E-state index >= 15 is 0 Å². The highest BCUT2D eigenvalue weighted by Crippen LogP contribution is 2.42. The summed E-state index contributed by atoms with van der Waals surface area (Å²) in [5.74, 6) is 0.775. The summed E-state index contributed by atoms with van der Waals surface area (Å²) in [5, 5.41) is 1.14. The fraction of sp³-hybridized carbons (Fsp3) is 0. The summed E-state index contributed by atoms with van der Waals surface area (Å²) in [4.78, 5) is 4.99. The van der Waals surface area contributed by atoms with Crippen molar-refractivity contribution in [2.45, 2.75) is 0 Å². The van der Waals surface area contributed by atoms with Crippen molar-refractivity contribution in [3.8, 4) is 33.7 Å². The summed E-state index contributed by atoms with van der Waals surface area (Å²) in [6.07, 6.45) is 1.70. The molecule has 3 aromatic carbocycles. The summed E-state index contributed by atoms with van der Waals surface area (Å²) >= 11 is 0. The number of fused-ring (bicyclic) bond motifs is 1. The molecule has 0 unspecified atom stereocenters. The van der Waals surface area contributed by atoms with E-state index in [0.29, 0.717) is 0 Å². The maximum atomic E-state index is 5.76. The van der Waals surface area contributed by atoms with Gasteiger partial charge in [0.15, 0.2) is 5.76 Å². The second-order valence-corrected chi connectivity index (χ2v) is 6.44. The minimum atomic E-state index is 0.775. The van der Waals surface area contributed by atoms with Crippen LogP contribution in [0.4, 0.5) is 0 Å². The summed E-state index contributed by atoms with van der Waals surface area (Å²) in [6.45, 7) is 0. The summed E-state index contributed by atoms with van der Waals surface area (Å²) in [7, 11) is 0. The molecule has 0 aliphatic carbocycles. The Bertz CT molecular complexity index is 1190. The number of rotatable bonds is 3. The second kappa shape index (κ2) is 6.58. The van der Waals surface area contributed by atoms with E-state index < -0.39 is 0 Å². The lowest BCUT2D eigenvalue weighted by molar-refractivity contribution is 0.580. The molecule has 0 spiro atoms. The van der Waals surface area contributed by atoms with Gasteiger partial charge in [-0.25, -0.2) is 4.98 Å². The van der Waals surface area contributed by atoms with E-state index in [1.54, 1.807) is 6.26 Å². The first-order chi connectivity index (χ1) is 13.4. The predicted octanol–water partition coefficient (Wildman–Crippen LogP) is 6.83. The minimum Gasteiger partial charge on any atom is -0.463 e. The number of para-hydroxylation sites is 1. The quantitative estimate of drug-likeness (QED) is 0.357. The number of hydrogen-bond donors (Lipinski definition) is 0. The molecule has 128 valence electrons. The molecule has 5 rings (SSSR count). The first-order valence-corrected chi connectivity index (χ1v) is 8.99. The zero-order chi connectivity index (χ0) is 18.1. The van der Waals surface area contributed by atoms with Crippen molar-refractivity contribution < 1.29 is 4.42 Å². The lowest BCUT2D eigenvalue weighted by Gasteiger charge is -2.17. The Hall–Kier alpha value is -3.65. The van der Waals surface area contributed by atoms with E-state index in [2.05, 4.69) is 66.7 Å². The van der Waals surface area contributed by atoms with Gasteiger partial charge in [-0.2, -0.15) is 0 Å². The maximum Gasteiger partial charge on any atom is 0.152 e. The van der Waals surface area contributed by atoms with Gasteiger partial charge in [0.2, 0.25) is 0 Å². The third-order valence-electron chi connectivity index (χ3n) is 4.77. The molecule has 0 atom stereocenters. The van der Waals surface area contributed by atoms with E-state index in [9.17, 15) is 0 Å². The van der Waals surface area contributed by atoms with Crippen molar-refractivity contribution >= 4 is 10.9 Å². The van der Waals surface area contributed by atoms with Crippen LogP contribution in [0, 0.1) is 0 Å². The average Bonchev–Trinajstić information content (AvgIpc) is 3.28. The number of furan rings is 1. The van der Waals surface area contributed by atoms with Crippen LogP contribution < -0.4 is 0 Å². The molecule has 0 fully saturated rings. The lowest BCUT2D eigenvalue weighted by Crippen LogP contribution is -1.95. The Morgan fingerprint density at radius 2 is 1.19 bits per heavy atom. The molecule has 2 heterocycles. The van der Waals surface area contributed by atoms with Crippen LogP contribution in [0.1, 0.15) is 0 Å². The minimum absolute atomic E-state index is 0.775. The van der Waals surface area contributed by atoms with Crippen molar-refractivity contribution in [2.75, 3.05) is 0 Å². The van der Waals surface area contributed by atoms with Gasteiger partial charge >= 0.3 is 0 Å².